The van der Waals surface area contributed by atoms with E-state index in [9.17, 15) is 0 Å². The number of hydrogen-bond acceptors (Lipinski definition) is 6. The lowest BCUT2D eigenvalue weighted by atomic mass is 10.0. The average molecular weight is 304 g/mol. The van der Waals surface area contributed by atoms with Crippen LogP contribution in [0.25, 0.3) is 0 Å². The number of nitrogens with two attached hydrogens (primary N) is 1. The molecule has 1 unspecified atom stereocenters. The van der Waals surface area contributed by atoms with Crippen molar-refractivity contribution in [3.63, 3.8) is 0 Å². The molecule has 21 heavy (non-hydrogen) atoms. The van der Waals surface area contributed by atoms with E-state index >= 15 is 0 Å². The van der Waals surface area contributed by atoms with Gasteiger partial charge in [-0.25, -0.2) is 5.43 Å². The van der Waals surface area contributed by atoms with Gasteiger partial charge in [0.15, 0.2) is 0 Å². The Hall–Kier alpha value is -1.50. The van der Waals surface area contributed by atoms with E-state index < -0.39 is 0 Å². The van der Waals surface area contributed by atoms with Crippen LogP contribution in [0.3, 0.4) is 0 Å². The first-order chi connectivity index (χ1) is 10.3. The molecule has 1 atom stereocenters. The molecule has 112 valence electrons. The van der Waals surface area contributed by atoms with E-state index in [0.29, 0.717) is 6.10 Å². The Morgan fingerprint density at radius 1 is 1.48 bits per heavy atom. The highest BCUT2D eigenvalue weighted by Crippen LogP contribution is 2.31. The van der Waals surface area contributed by atoms with Crippen LogP contribution in [0, 0.1) is 0 Å². The van der Waals surface area contributed by atoms with Crippen LogP contribution in [-0.4, -0.2) is 15.7 Å². The second kappa shape index (κ2) is 6.51. The standard InChI is InChI=1S/C15H20N4OS/c1-2-4-13-15(21-19-18-13)14(17-16)10-5-3-6-12(9-10)20-11-7-8-11/h3,5-6,9,11,14,17H,2,4,7-8,16H2,1H3. The van der Waals surface area contributed by atoms with E-state index in [-0.39, 0.29) is 6.04 Å². The van der Waals surface area contributed by atoms with Crippen LogP contribution in [0.1, 0.15) is 48.4 Å². The Morgan fingerprint density at radius 3 is 3.05 bits per heavy atom. The number of nitrogens with one attached hydrogen (secondary N) is 1. The zero-order chi connectivity index (χ0) is 14.7. The molecule has 1 saturated carbocycles. The lowest BCUT2D eigenvalue weighted by Crippen LogP contribution is -2.29. The molecule has 1 aliphatic carbocycles. The zero-order valence-electron chi connectivity index (χ0n) is 12.1. The molecule has 6 heteroatoms. The molecule has 1 aromatic carbocycles. The summed E-state index contributed by atoms with van der Waals surface area (Å²) in [6.07, 6.45) is 4.66. The summed E-state index contributed by atoms with van der Waals surface area (Å²) in [5.41, 5.74) is 5.00. The van der Waals surface area contributed by atoms with Crippen LogP contribution in [0.4, 0.5) is 0 Å². The van der Waals surface area contributed by atoms with Gasteiger partial charge in [-0.2, -0.15) is 0 Å². The molecule has 0 aliphatic heterocycles. The van der Waals surface area contributed by atoms with Gasteiger partial charge < -0.3 is 4.74 Å². The average Bonchev–Trinajstić information content (AvgIpc) is 3.19. The molecule has 5 nitrogen and oxygen atoms in total. The number of ether oxygens (including phenoxy) is 1. The van der Waals surface area contributed by atoms with E-state index in [2.05, 4.69) is 34.1 Å². The van der Waals surface area contributed by atoms with Crippen molar-refractivity contribution < 1.29 is 4.74 Å². The first kappa shape index (κ1) is 14.4. The third kappa shape index (κ3) is 3.40. The molecule has 1 aromatic heterocycles. The predicted octanol–water partition coefficient (Wildman–Crippen LogP) is 2.58. The summed E-state index contributed by atoms with van der Waals surface area (Å²) in [4.78, 5) is 1.09. The Morgan fingerprint density at radius 2 is 2.33 bits per heavy atom. The Labute approximate surface area is 128 Å². The number of aryl methyl sites for hydroxylation is 1. The molecule has 1 fully saturated rings. The maximum atomic E-state index is 5.86. The van der Waals surface area contributed by atoms with Gasteiger partial charge in [-0.1, -0.05) is 30.0 Å². The monoisotopic (exact) mass is 304 g/mol. The largest absolute Gasteiger partial charge is 0.490 e. The Kier molecular flexibility index (Phi) is 4.48. The second-order valence-electron chi connectivity index (χ2n) is 5.32. The third-order valence-electron chi connectivity index (χ3n) is 3.52. The van der Waals surface area contributed by atoms with Crippen LogP contribution in [0.15, 0.2) is 24.3 Å². The van der Waals surface area contributed by atoms with Gasteiger partial charge in [0.2, 0.25) is 0 Å². The summed E-state index contributed by atoms with van der Waals surface area (Å²) in [6.45, 7) is 2.14. The van der Waals surface area contributed by atoms with Crippen LogP contribution in [0.2, 0.25) is 0 Å². The zero-order valence-corrected chi connectivity index (χ0v) is 12.9. The van der Waals surface area contributed by atoms with E-state index in [4.69, 9.17) is 10.6 Å². The van der Waals surface area contributed by atoms with Crippen molar-refractivity contribution in [1.29, 1.82) is 0 Å². The number of benzene rings is 1. The summed E-state index contributed by atoms with van der Waals surface area (Å²) in [5, 5.41) is 4.22. The Bertz CT molecular complexity index is 597. The summed E-state index contributed by atoms with van der Waals surface area (Å²) in [5.74, 6) is 6.69. The van der Waals surface area contributed by atoms with E-state index in [0.717, 1.165) is 47.6 Å². The quantitative estimate of drug-likeness (QED) is 0.607. The maximum absolute atomic E-state index is 5.86. The van der Waals surface area contributed by atoms with Gasteiger partial charge in [0.25, 0.3) is 0 Å². The second-order valence-corrected chi connectivity index (χ2v) is 6.11. The molecule has 3 rings (SSSR count). The van der Waals surface area contributed by atoms with Crippen LogP contribution in [0.5, 0.6) is 5.75 Å². The summed E-state index contributed by atoms with van der Waals surface area (Å²) >= 11 is 1.40. The smallest absolute Gasteiger partial charge is 0.120 e. The van der Waals surface area contributed by atoms with Crippen molar-refractivity contribution in [2.75, 3.05) is 0 Å². The minimum absolute atomic E-state index is 0.0886. The maximum Gasteiger partial charge on any atom is 0.120 e. The van der Waals surface area contributed by atoms with Gasteiger partial charge in [-0.3, -0.25) is 5.84 Å². The molecule has 1 heterocycles. The van der Waals surface area contributed by atoms with Crippen LogP contribution < -0.4 is 16.0 Å². The van der Waals surface area contributed by atoms with E-state index in [1.54, 1.807) is 0 Å². The highest BCUT2D eigenvalue weighted by Gasteiger charge is 2.24. The minimum Gasteiger partial charge on any atom is -0.490 e. The number of aromatic nitrogens is 2. The molecule has 0 radical (unpaired) electrons. The van der Waals surface area contributed by atoms with Gasteiger partial charge in [-0.15, -0.1) is 5.10 Å². The van der Waals surface area contributed by atoms with E-state index in [1.165, 1.54) is 11.5 Å². The topological polar surface area (TPSA) is 73.1 Å². The van der Waals surface area contributed by atoms with Gasteiger partial charge in [0, 0.05) is 0 Å². The molecular weight excluding hydrogens is 284 g/mol. The predicted molar refractivity (Wildman–Crippen MR) is 83.2 cm³/mol. The highest BCUT2D eigenvalue weighted by molar-refractivity contribution is 7.05. The molecular formula is C15H20N4OS. The minimum atomic E-state index is -0.0886. The first-order valence-electron chi connectivity index (χ1n) is 7.35. The van der Waals surface area contributed by atoms with Crippen molar-refractivity contribution in [1.82, 2.24) is 15.0 Å². The van der Waals surface area contributed by atoms with E-state index in [1.807, 2.05) is 12.1 Å². The van der Waals surface area contributed by atoms with Crippen molar-refractivity contribution in [3.05, 3.63) is 40.4 Å². The lowest BCUT2D eigenvalue weighted by molar-refractivity contribution is 0.302. The molecule has 0 saturated heterocycles. The van der Waals surface area contributed by atoms with Crippen LogP contribution in [-0.2, 0) is 6.42 Å². The summed E-state index contributed by atoms with van der Waals surface area (Å²) < 4.78 is 9.94. The number of nitrogens with zero attached hydrogens (tertiary/aromatic N) is 2. The molecule has 0 bridgehead atoms. The summed E-state index contributed by atoms with van der Waals surface area (Å²) in [7, 11) is 0. The van der Waals surface area contributed by atoms with Crippen molar-refractivity contribution in [3.8, 4) is 5.75 Å². The van der Waals surface area contributed by atoms with Crippen molar-refractivity contribution >= 4 is 11.5 Å². The number of rotatable bonds is 7. The van der Waals surface area contributed by atoms with Gasteiger partial charge >= 0.3 is 0 Å². The molecule has 2 aromatic rings. The summed E-state index contributed by atoms with van der Waals surface area (Å²) in [6, 6.07) is 8.02. The molecule has 3 N–H and O–H groups in total. The van der Waals surface area contributed by atoms with Crippen molar-refractivity contribution in [2.45, 2.75) is 44.8 Å². The normalized spacial score (nSPS) is 15.9. The SMILES string of the molecule is CCCc1nnsc1C(NN)c1cccc(OC2CC2)c1. The van der Waals surface area contributed by atoms with Gasteiger partial charge in [0.1, 0.15) is 5.75 Å². The van der Waals surface area contributed by atoms with Gasteiger partial charge in [0.05, 0.1) is 22.7 Å². The number of hydrazine groups is 1. The third-order valence-corrected chi connectivity index (χ3v) is 4.35. The fourth-order valence-corrected chi connectivity index (χ4v) is 3.10. The van der Waals surface area contributed by atoms with Crippen LogP contribution >= 0.6 is 11.5 Å². The molecule has 0 amide bonds. The van der Waals surface area contributed by atoms with Gasteiger partial charge in [-0.05, 0) is 48.5 Å². The Balaban J connectivity index is 1.86. The highest BCUT2D eigenvalue weighted by atomic mass is 32.1. The molecule has 0 spiro atoms. The van der Waals surface area contributed by atoms with Crippen molar-refractivity contribution in [2.24, 2.45) is 5.84 Å². The number of hydrogen-bond donors (Lipinski definition) is 2. The fourth-order valence-electron chi connectivity index (χ4n) is 2.31. The lowest BCUT2D eigenvalue weighted by Gasteiger charge is -2.16. The molecule has 1 aliphatic rings. The first-order valence-corrected chi connectivity index (χ1v) is 8.13. The fraction of sp³-hybridized carbons (Fsp3) is 0.467.